The predicted octanol–water partition coefficient (Wildman–Crippen LogP) is 11.0. The van der Waals surface area contributed by atoms with Crippen LogP contribution in [0.1, 0.15) is 0 Å². The molecular weight excluding hydrogens is 546 g/mol. The second kappa shape index (κ2) is 9.22. The summed E-state index contributed by atoms with van der Waals surface area (Å²) < 4.78 is 2.25. The van der Waals surface area contributed by atoms with E-state index in [-0.39, 0.29) is 0 Å². The number of hydrogen-bond acceptors (Lipinski definition) is 2. The van der Waals surface area contributed by atoms with E-state index >= 15 is 0 Å². The molecule has 3 nitrogen and oxygen atoms in total. The Morgan fingerprint density at radius 3 is 1.87 bits per heavy atom. The molecule has 10 aromatic rings. The van der Waals surface area contributed by atoms with Crippen LogP contribution < -0.4 is 0 Å². The normalized spacial score (nSPS) is 12.0. The summed E-state index contributed by atoms with van der Waals surface area (Å²) in [5, 5.41) is 13.4. The van der Waals surface area contributed by atoms with Crippen LogP contribution in [-0.4, -0.2) is 14.5 Å². The van der Waals surface area contributed by atoms with Crippen LogP contribution in [0.5, 0.6) is 0 Å². The monoisotopic (exact) mass is 571 g/mol. The molecule has 208 valence electrons. The van der Waals surface area contributed by atoms with Gasteiger partial charge in [-0.2, -0.15) is 0 Å². The third kappa shape index (κ3) is 3.52. The van der Waals surface area contributed by atoms with E-state index in [1.54, 1.807) is 0 Å². The Bertz CT molecular complexity index is 2820. The van der Waals surface area contributed by atoms with Crippen molar-refractivity contribution in [1.82, 2.24) is 14.5 Å². The second-order valence-electron chi connectivity index (χ2n) is 11.8. The molecule has 0 aliphatic carbocycles. The van der Waals surface area contributed by atoms with Crippen LogP contribution >= 0.6 is 0 Å². The zero-order chi connectivity index (χ0) is 29.5. The molecule has 0 amide bonds. The third-order valence-electron chi connectivity index (χ3n) is 9.37. The highest BCUT2D eigenvalue weighted by atomic mass is 15.2. The number of fused-ring (bicyclic) bond motifs is 10. The summed E-state index contributed by atoms with van der Waals surface area (Å²) in [6, 6.07) is 54.3. The molecule has 2 aromatic heterocycles. The van der Waals surface area contributed by atoms with Crippen molar-refractivity contribution in [3.63, 3.8) is 0 Å². The molecule has 0 saturated carbocycles. The SMILES string of the molecule is c1ccc2c(-c3nc(-n4c5ccccc5c5cc6c(ccc7c8ccccc8ccc67)cc54)nc4ccccc34)cccc2c1. The third-order valence-corrected chi connectivity index (χ3v) is 9.37. The quantitative estimate of drug-likeness (QED) is 0.193. The van der Waals surface area contributed by atoms with Gasteiger partial charge in [0.2, 0.25) is 5.95 Å². The number of aromatic nitrogens is 3. The molecule has 0 N–H and O–H groups in total. The van der Waals surface area contributed by atoms with Crippen molar-refractivity contribution in [2.24, 2.45) is 0 Å². The number of benzene rings is 8. The maximum atomic E-state index is 5.38. The van der Waals surface area contributed by atoms with Crippen molar-refractivity contribution in [3.8, 4) is 17.2 Å². The lowest BCUT2D eigenvalue weighted by Gasteiger charge is -2.13. The lowest BCUT2D eigenvalue weighted by Crippen LogP contribution is -2.03. The highest BCUT2D eigenvalue weighted by Gasteiger charge is 2.19. The number of rotatable bonds is 2. The van der Waals surface area contributed by atoms with Crippen molar-refractivity contribution in [2.45, 2.75) is 0 Å². The maximum absolute atomic E-state index is 5.38. The fourth-order valence-corrected chi connectivity index (χ4v) is 7.30. The maximum Gasteiger partial charge on any atom is 0.235 e. The van der Waals surface area contributed by atoms with Crippen LogP contribution in [0.2, 0.25) is 0 Å². The van der Waals surface area contributed by atoms with E-state index in [2.05, 4.69) is 156 Å². The van der Waals surface area contributed by atoms with Gasteiger partial charge in [0.25, 0.3) is 0 Å². The summed E-state index contributed by atoms with van der Waals surface area (Å²) in [5.41, 5.74) is 5.17. The number of para-hydroxylation sites is 2. The number of hydrogen-bond donors (Lipinski definition) is 0. The molecule has 0 bridgehead atoms. The smallest absolute Gasteiger partial charge is 0.235 e. The largest absolute Gasteiger partial charge is 0.278 e. The molecule has 0 aliphatic heterocycles. The van der Waals surface area contributed by atoms with E-state index in [9.17, 15) is 0 Å². The van der Waals surface area contributed by atoms with Gasteiger partial charge >= 0.3 is 0 Å². The summed E-state index contributed by atoms with van der Waals surface area (Å²) in [7, 11) is 0. The number of nitrogens with zero attached hydrogens (tertiary/aromatic N) is 3. The average molecular weight is 572 g/mol. The van der Waals surface area contributed by atoms with Crippen molar-refractivity contribution in [1.29, 1.82) is 0 Å². The lowest BCUT2D eigenvalue weighted by molar-refractivity contribution is 1.01. The molecule has 8 aromatic carbocycles. The molecule has 0 radical (unpaired) electrons. The molecule has 0 saturated heterocycles. The Morgan fingerprint density at radius 2 is 1.00 bits per heavy atom. The Hall–Kier alpha value is -6.06. The van der Waals surface area contributed by atoms with E-state index in [1.165, 1.54) is 53.9 Å². The summed E-state index contributed by atoms with van der Waals surface area (Å²) >= 11 is 0. The Balaban J connectivity index is 1.31. The first-order valence-corrected chi connectivity index (χ1v) is 15.3. The van der Waals surface area contributed by atoms with Crippen LogP contribution in [-0.2, 0) is 0 Å². The lowest BCUT2D eigenvalue weighted by atomic mass is 9.96. The van der Waals surface area contributed by atoms with E-state index in [0.29, 0.717) is 5.95 Å². The van der Waals surface area contributed by atoms with Gasteiger partial charge in [-0.15, -0.1) is 0 Å². The molecule has 0 unspecified atom stereocenters. The Morgan fingerprint density at radius 1 is 0.356 bits per heavy atom. The fourth-order valence-electron chi connectivity index (χ4n) is 7.30. The highest BCUT2D eigenvalue weighted by Crippen LogP contribution is 2.39. The van der Waals surface area contributed by atoms with Gasteiger partial charge in [0.05, 0.1) is 22.2 Å². The van der Waals surface area contributed by atoms with Crippen LogP contribution in [0, 0.1) is 0 Å². The molecule has 2 heterocycles. The topological polar surface area (TPSA) is 30.7 Å². The van der Waals surface area contributed by atoms with E-state index < -0.39 is 0 Å². The van der Waals surface area contributed by atoms with Gasteiger partial charge in [0, 0.05) is 21.7 Å². The molecule has 45 heavy (non-hydrogen) atoms. The molecule has 0 aliphatic rings. The van der Waals surface area contributed by atoms with Gasteiger partial charge in [0.15, 0.2) is 0 Å². The molecule has 10 rings (SSSR count). The first kappa shape index (κ1) is 24.4. The minimum Gasteiger partial charge on any atom is -0.278 e. The van der Waals surface area contributed by atoms with Crippen molar-refractivity contribution < 1.29 is 0 Å². The molecule has 0 atom stereocenters. The van der Waals surface area contributed by atoms with Crippen molar-refractivity contribution >= 4 is 75.8 Å². The minimum absolute atomic E-state index is 0.675. The zero-order valence-electron chi connectivity index (χ0n) is 24.3. The molecule has 0 fully saturated rings. The molecule has 3 heteroatoms. The van der Waals surface area contributed by atoms with Crippen molar-refractivity contribution in [3.05, 3.63) is 152 Å². The Kier molecular flexibility index (Phi) is 5.00. The zero-order valence-corrected chi connectivity index (χ0v) is 24.3. The van der Waals surface area contributed by atoms with Crippen molar-refractivity contribution in [2.75, 3.05) is 0 Å². The first-order valence-electron chi connectivity index (χ1n) is 15.3. The molecular formula is C42H25N3. The first-order chi connectivity index (χ1) is 22.3. The van der Waals surface area contributed by atoms with Gasteiger partial charge in [-0.3, -0.25) is 4.57 Å². The van der Waals surface area contributed by atoms with Crippen LogP contribution in [0.3, 0.4) is 0 Å². The van der Waals surface area contributed by atoms with Crippen LogP contribution in [0.15, 0.2) is 152 Å². The minimum atomic E-state index is 0.675. The summed E-state index contributed by atoms with van der Waals surface area (Å²) in [6.07, 6.45) is 0. The average Bonchev–Trinajstić information content (AvgIpc) is 3.43. The van der Waals surface area contributed by atoms with E-state index in [0.717, 1.165) is 33.2 Å². The van der Waals surface area contributed by atoms with Gasteiger partial charge in [0.1, 0.15) is 0 Å². The fraction of sp³-hybridized carbons (Fsp3) is 0. The van der Waals surface area contributed by atoms with E-state index in [1.807, 2.05) is 0 Å². The summed E-state index contributed by atoms with van der Waals surface area (Å²) in [6.45, 7) is 0. The standard InChI is InChI=1S/C42H25N3/c1-4-14-30-26(10-1)12-9-17-34(30)41-35-16-5-7-18-38(35)43-42(44-41)45-39-19-8-6-15-33(39)37-25-36-28(24-40(37)45)21-23-31-29-13-3-2-11-27(29)20-22-32(31)36/h1-25H. The molecule has 0 spiro atoms. The summed E-state index contributed by atoms with van der Waals surface area (Å²) in [4.78, 5) is 10.6. The highest BCUT2D eigenvalue weighted by molar-refractivity contribution is 6.22. The summed E-state index contributed by atoms with van der Waals surface area (Å²) in [5.74, 6) is 0.675. The van der Waals surface area contributed by atoms with Gasteiger partial charge < -0.3 is 0 Å². The van der Waals surface area contributed by atoms with Crippen LogP contribution in [0.4, 0.5) is 0 Å². The van der Waals surface area contributed by atoms with Gasteiger partial charge in [-0.05, 0) is 67.4 Å². The van der Waals surface area contributed by atoms with E-state index in [4.69, 9.17) is 9.97 Å². The van der Waals surface area contributed by atoms with Crippen LogP contribution in [0.25, 0.3) is 93.0 Å². The van der Waals surface area contributed by atoms with Gasteiger partial charge in [-0.1, -0.05) is 127 Å². The predicted molar refractivity (Wildman–Crippen MR) is 189 cm³/mol. The Labute approximate surface area is 258 Å². The second-order valence-corrected chi connectivity index (χ2v) is 11.8. The van der Waals surface area contributed by atoms with Gasteiger partial charge in [-0.25, -0.2) is 9.97 Å².